The van der Waals surface area contributed by atoms with Crippen molar-refractivity contribution in [3.8, 4) is 0 Å². The van der Waals surface area contributed by atoms with Gasteiger partial charge in [-0.1, -0.05) is 24.3 Å². The van der Waals surface area contributed by atoms with Crippen LogP contribution in [0.25, 0.3) is 0 Å². The molecule has 0 radical (unpaired) electrons. The molecule has 0 spiro atoms. The molecule has 0 heterocycles. The zero-order chi connectivity index (χ0) is 21.4. The number of nitrogens with zero attached hydrogens (tertiary/aromatic N) is 1. The first-order chi connectivity index (χ1) is 13.8. The molecule has 2 aromatic carbocycles. The maximum Gasteiger partial charge on any atom is 0.335 e. The van der Waals surface area contributed by atoms with E-state index in [4.69, 9.17) is 20.8 Å². The number of anilines is 1. The molecule has 9 heteroatoms. The lowest BCUT2D eigenvalue weighted by Gasteiger charge is -2.18. The minimum Gasteiger partial charge on any atom is -0.355 e. The van der Waals surface area contributed by atoms with Crippen LogP contribution in [0.15, 0.2) is 48.5 Å². The number of benzene rings is 2. The fourth-order valence-electron chi connectivity index (χ4n) is 2.69. The Balaban J connectivity index is 2.21. The molecule has 7 nitrogen and oxygen atoms in total. The van der Waals surface area contributed by atoms with Crippen molar-refractivity contribution in [3.05, 3.63) is 65.2 Å². The molecule has 2 rings (SSSR count). The lowest BCUT2D eigenvalue weighted by atomic mass is 10.1. The average Bonchev–Trinajstić information content (AvgIpc) is 2.73. The SMILES string of the molecule is CCOP(=O)(Cc1ccc(C(=O)N(Cl)c2ccccc2C(=O)NC)cc1)OCC. The monoisotopic (exact) mass is 438 g/mol. The third kappa shape index (κ3) is 5.90. The first-order valence-electron chi connectivity index (χ1n) is 9.13. The number of nitrogens with one attached hydrogen (secondary N) is 1. The highest BCUT2D eigenvalue weighted by Gasteiger charge is 2.25. The summed E-state index contributed by atoms with van der Waals surface area (Å²) in [5.41, 5.74) is 1.58. The normalized spacial score (nSPS) is 11.2. The van der Waals surface area contributed by atoms with Crippen molar-refractivity contribution in [1.29, 1.82) is 0 Å². The van der Waals surface area contributed by atoms with Crippen LogP contribution in [-0.4, -0.2) is 32.1 Å². The smallest absolute Gasteiger partial charge is 0.335 e. The number of carbonyl (C=O) groups is 2. The number of carbonyl (C=O) groups excluding carboxylic acids is 2. The van der Waals surface area contributed by atoms with Crippen LogP contribution >= 0.6 is 19.4 Å². The maximum atomic E-state index is 12.8. The summed E-state index contributed by atoms with van der Waals surface area (Å²) in [4.78, 5) is 24.8. The van der Waals surface area contributed by atoms with E-state index in [0.717, 1.165) is 4.42 Å². The number of hydrogen-bond donors (Lipinski definition) is 1. The predicted molar refractivity (Wildman–Crippen MR) is 113 cm³/mol. The molecule has 2 aromatic rings. The van der Waals surface area contributed by atoms with E-state index >= 15 is 0 Å². The minimum atomic E-state index is -3.23. The molecule has 29 heavy (non-hydrogen) atoms. The van der Waals surface area contributed by atoms with Gasteiger partial charge in [-0.25, -0.2) is 4.42 Å². The molecule has 0 aliphatic rings. The van der Waals surface area contributed by atoms with Crippen LogP contribution in [0.3, 0.4) is 0 Å². The van der Waals surface area contributed by atoms with Crippen molar-refractivity contribution >= 4 is 36.9 Å². The largest absolute Gasteiger partial charge is 0.355 e. The Kier molecular flexibility index (Phi) is 8.41. The van der Waals surface area contributed by atoms with Gasteiger partial charge < -0.3 is 14.4 Å². The van der Waals surface area contributed by atoms with Crippen LogP contribution in [0.4, 0.5) is 5.69 Å². The topological polar surface area (TPSA) is 84.9 Å². The van der Waals surface area contributed by atoms with E-state index in [-0.39, 0.29) is 36.5 Å². The van der Waals surface area contributed by atoms with Crippen molar-refractivity contribution in [3.63, 3.8) is 0 Å². The van der Waals surface area contributed by atoms with Crippen LogP contribution < -0.4 is 9.74 Å². The maximum absolute atomic E-state index is 12.8. The number of hydrogen-bond acceptors (Lipinski definition) is 5. The van der Waals surface area contributed by atoms with E-state index in [2.05, 4.69) is 5.32 Å². The zero-order valence-corrected chi connectivity index (χ0v) is 18.2. The summed E-state index contributed by atoms with van der Waals surface area (Å²) >= 11 is 6.25. The van der Waals surface area contributed by atoms with Gasteiger partial charge in [-0.3, -0.25) is 14.2 Å². The molecule has 2 amide bonds. The van der Waals surface area contributed by atoms with Crippen molar-refractivity contribution in [2.24, 2.45) is 0 Å². The van der Waals surface area contributed by atoms with Gasteiger partial charge in [0.1, 0.15) is 0 Å². The van der Waals surface area contributed by atoms with Gasteiger partial charge in [-0.2, -0.15) is 0 Å². The number of amides is 2. The molecule has 0 atom stereocenters. The summed E-state index contributed by atoms with van der Waals surface area (Å²) in [5, 5.41) is 2.52. The van der Waals surface area contributed by atoms with E-state index in [1.165, 1.54) is 7.05 Å². The van der Waals surface area contributed by atoms with E-state index in [0.29, 0.717) is 11.1 Å². The van der Waals surface area contributed by atoms with Crippen molar-refractivity contribution in [2.75, 3.05) is 24.7 Å². The summed E-state index contributed by atoms with van der Waals surface area (Å²) < 4.78 is 24.1. The minimum absolute atomic E-state index is 0.104. The molecular weight excluding hydrogens is 415 g/mol. The summed E-state index contributed by atoms with van der Waals surface area (Å²) in [6, 6.07) is 13.1. The van der Waals surface area contributed by atoms with Gasteiger partial charge in [0.05, 0.1) is 30.6 Å². The van der Waals surface area contributed by atoms with Crippen LogP contribution in [0.1, 0.15) is 40.1 Å². The molecule has 0 saturated heterocycles. The number of halogens is 1. The van der Waals surface area contributed by atoms with Gasteiger partial charge in [-0.05, 0) is 43.7 Å². The van der Waals surface area contributed by atoms with Crippen molar-refractivity contribution in [1.82, 2.24) is 5.32 Å². The highest BCUT2D eigenvalue weighted by atomic mass is 35.5. The fourth-order valence-corrected chi connectivity index (χ4v) is 4.64. The van der Waals surface area contributed by atoms with Crippen LogP contribution in [0.5, 0.6) is 0 Å². The molecule has 0 aliphatic heterocycles. The van der Waals surface area contributed by atoms with Gasteiger partial charge in [0.2, 0.25) is 0 Å². The Labute approximate surface area is 175 Å². The molecule has 0 saturated carbocycles. The van der Waals surface area contributed by atoms with Gasteiger partial charge in [-0.15, -0.1) is 0 Å². The van der Waals surface area contributed by atoms with E-state index in [1.807, 2.05) is 0 Å². The molecule has 0 aromatic heterocycles. The molecular formula is C20H24ClN2O5P. The third-order valence-corrected chi connectivity index (χ3v) is 6.39. The standard InChI is InChI=1S/C20H24ClN2O5P/c1-4-27-29(26,28-5-2)14-15-10-12-16(13-11-15)20(25)23(21)18-9-7-6-8-17(18)19(24)22-3/h6-13H,4-5,14H2,1-3H3,(H,22,24). The number of rotatable bonds is 9. The highest BCUT2D eigenvalue weighted by Crippen LogP contribution is 2.51. The molecule has 1 N–H and O–H groups in total. The Morgan fingerprint density at radius 3 is 2.17 bits per heavy atom. The summed E-state index contributed by atoms with van der Waals surface area (Å²) in [6.07, 6.45) is 0.104. The highest BCUT2D eigenvalue weighted by molar-refractivity contribution is 7.53. The molecule has 0 fully saturated rings. The van der Waals surface area contributed by atoms with Gasteiger partial charge in [0, 0.05) is 24.4 Å². The summed E-state index contributed by atoms with van der Waals surface area (Å²) in [7, 11) is -1.73. The first kappa shape index (κ1) is 23.1. The Morgan fingerprint density at radius 1 is 1.03 bits per heavy atom. The third-order valence-electron chi connectivity index (χ3n) is 3.99. The van der Waals surface area contributed by atoms with Crippen LogP contribution in [0, 0.1) is 0 Å². The Morgan fingerprint density at radius 2 is 1.62 bits per heavy atom. The Hall–Kier alpha value is -2.18. The van der Waals surface area contributed by atoms with Crippen molar-refractivity contribution in [2.45, 2.75) is 20.0 Å². The van der Waals surface area contributed by atoms with E-state index in [9.17, 15) is 14.2 Å². The van der Waals surface area contributed by atoms with Gasteiger partial charge in [0.25, 0.3) is 11.8 Å². The van der Waals surface area contributed by atoms with E-state index in [1.54, 1.807) is 62.4 Å². The number of para-hydroxylation sites is 1. The van der Waals surface area contributed by atoms with Crippen LogP contribution in [0.2, 0.25) is 0 Å². The molecule has 0 bridgehead atoms. The molecule has 0 aliphatic carbocycles. The lowest BCUT2D eigenvalue weighted by molar-refractivity contribution is 0.0963. The fraction of sp³-hybridized carbons (Fsp3) is 0.300. The van der Waals surface area contributed by atoms with Gasteiger partial charge >= 0.3 is 7.60 Å². The molecule has 156 valence electrons. The second-order valence-electron chi connectivity index (χ2n) is 5.98. The average molecular weight is 439 g/mol. The first-order valence-corrected chi connectivity index (χ1v) is 11.2. The van der Waals surface area contributed by atoms with E-state index < -0.39 is 13.5 Å². The summed E-state index contributed by atoms with van der Waals surface area (Å²) in [6.45, 7) is 4.05. The molecule has 0 unspecified atom stereocenters. The van der Waals surface area contributed by atoms with Crippen LogP contribution in [-0.2, 0) is 19.8 Å². The predicted octanol–water partition coefficient (Wildman–Crippen LogP) is 4.61. The quantitative estimate of drug-likeness (QED) is 0.456. The lowest BCUT2D eigenvalue weighted by Crippen LogP contribution is -2.25. The zero-order valence-electron chi connectivity index (χ0n) is 16.6. The second kappa shape index (κ2) is 10.6. The summed E-state index contributed by atoms with van der Waals surface area (Å²) in [5.74, 6) is -0.843. The van der Waals surface area contributed by atoms with Crippen molar-refractivity contribution < 1.29 is 23.2 Å². The second-order valence-corrected chi connectivity index (χ2v) is 8.38. The Bertz CT molecular complexity index is 894. The van der Waals surface area contributed by atoms with Gasteiger partial charge in [0.15, 0.2) is 0 Å².